The lowest BCUT2D eigenvalue weighted by molar-refractivity contribution is -0.124. The molecule has 0 aliphatic rings. The summed E-state index contributed by atoms with van der Waals surface area (Å²) in [6, 6.07) is 3.62. The highest BCUT2D eigenvalue weighted by atomic mass is 32.1. The first-order valence-corrected chi connectivity index (χ1v) is 6.23. The summed E-state index contributed by atoms with van der Waals surface area (Å²) in [6.07, 6.45) is 4.16. The zero-order valence-corrected chi connectivity index (χ0v) is 10.3. The van der Waals surface area contributed by atoms with Crippen LogP contribution < -0.4 is 11.3 Å². The van der Waals surface area contributed by atoms with Gasteiger partial charge in [0.15, 0.2) is 5.82 Å². The molecule has 2 heterocycles. The van der Waals surface area contributed by atoms with Crippen molar-refractivity contribution in [2.75, 3.05) is 0 Å². The molecule has 0 fully saturated rings. The first kappa shape index (κ1) is 11.8. The average Bonchev–Trinajstić information content (AvgIpc) is 2.99. The number of amides is 1. The maximum Gasteiger partial charge on any atom is 0.256 e. The molecule has 1 atom stereocenters. The molecule has 3 N–H and O–H groups in total. The normalized spacial score (nSPS) is 12.4. The van der Waals surface area contributed by atoms with E-state index in [9.17, 15) is 4.79 Å². The van der Waals surface area contributed by atoms with Gasteiger partial charge in [-0.2, -0.15) is 0 Å². The fourth-order valence-electron chi connectivity index (χ4n) is 1.77. The number of carbonyl (C=O) groups excluding carboxylic acids is 1. The van der Waals surface area contributed by atoms with Gasteiger partial charge in [0.1, 0.15) is 6.04 Å². The van der Waals surface area contributed by atoms with E-state index in [0.717, 1.165) is 10.7 Å². The largest absolute Gasteiger partial charge is 0.318 e. The number of hydrazine groups is 1. The van der Waals surface area contributed by atoms with Gasteiger partial charge in [-0.1, -0.05) is 13.0 Å². The summed E-state index contributed by atoms with van der Waals surface area (Å²) in [5, 5.41) is 1.98. The summed E-state index contributed by atoms with van der Waals surface area (Å²) in [7, 11) is 0. The molecule has 17 heavy (non-hydrogen) atoms. The van der Waals surface area contributed by atoms with E-state index in [1.807, 2.05) is 29.0 Å². The highest BCUT2D eigenvalue weighted by Gasteiger charge is 2.20. The van der Waals surface area contributed by atoms with Gasteiger partial charge >= 0.3 is 0 Å². The molecule has 2 rings (SSSR count). The lowest BCUT2D eigenvalue weighted by atomic mass is 10.2. The maximum absolute atomic E-state index is 11.7. The third-order valence-electron chi connectivity index (χ3n) is 2.58. The lowest BCUT2D eigenvalue weighted by Crippen LogP contribution is -2.37. The molecule has 0 aliphatic carbocycles. The second-order valence-corrected chi connectivity index (χ2v) is 4.52. The number of hydrogen-bond acceptors (Lipinski definition) is 4. The van der Waals surface area contributed by atoms with Crippen LogP contribution in [-0.4, -0.2) is 15.5 Å². The van der Waals surface area contributed by atoms with Crippen LogP contribution in [0.15, 0.2) is 29.9 Å². The van der Waals surface area contributed by atoms with Crippen molar-refractivity contribution in [3.05, 3.63) is 29.9 Å². The van der Waals surface area contributed by atoms with Crippen molar-refractivity contribution < 1.29 is 4.79 Å². The van der Waals surface area contributed by atoms with Gasteiger partial charge in [-0.15, -0.1) is 11.3 Å². The summed E-state index contributed by atoms with van der Waals surface area (Å²) >= 11 is 1.60. The van der Waals surface area contributed by atoms with Crippen molar-refractivity contribution in [2.45, 2.75) is 19.4 Å². The van der Waals surface area contributed by atoms with E-state index < -0.39 is 0 Å². The van der Waals surface area contributed by atoms with E-state index >= 15 is 0 Å². The third kappa shape index (κ3) is 2.22. The molecule has 0 radical (unpaired) electrons. The van der Waals surface area contributed by atoms with Gasteiger partial charge < -0.3 is 4.57 Å². The number of nitrogens with one attached hydrogen (secondary N) is 1. The fourth-order valence-corrected chi connectivity index (χ4v) is 2.49. The molecule has 6 heteroatoms. The van der Waals surface area contributed by atoms with Crippen LogP contribution >= 0.6 is 11.3 Å². The fraction of sp³-hybridized carbons (Fsp3) is 0.273. The van der Waals surface area contributed by atoms with Crippen LogP contribution in [0.1, 0.15) is 19.4 Å². The quantitative estimate of drug-likeness (QED) is 0.491. The molecule has 0 spiro atoms. The molecule has 0 aliphatic heterocycles. The van der Waals surface area contributed by atoms with Gasteiger partial charge in [0, 0.05) is 12.4 Å². The average molecular weight is 250 g/mol. The van der Waals surface area contributed by atoms with Crippen LogP contribution in [0.3, 0.4) is 0 Å². The Labute approximate surface area is 103 Å². The topological polar surface area (TPSA) is 72.9 Å². The third-order valence-corrected chi connectivity index (χ3v) is 3.44. The molecule has 2 aromatic rings. The number of thiophene rings is 1. The van der Waals surface area contributed by atoms with Crippen molar-refractivity contribution >= 4 is 17.2 Å². The Morgan fingerprint density at radius 1 is 1.71 bits per heavy atom. The summed E-state index contributed by atoms with van der Waals surface area (Å²) in [5.74, 6) is 5.79. The molecule has 0 aromatic carbocycles. The molecule has 0 bridgehead atoms. The van der Waals surface area contributed by atoms with E-state index in [-0.39, 0.29) is 11.9 Å². The zero-order valence-electron chi connectivity index (χ0n) is 9.46. The maximum atomic E-state index is 11.7. The van der Waals surface area contributed by atoms with Crippen LogP contribution in [0.2, 0.25) is 0 Å². The second kappa shape index (κ2) is 5.11. The van der Waals surface area contributed by atoms with Crippen LogP contribution in [0.25, 0.3) is 10.7 Å². The second-order valence-electron chi connectivity index (χ2n) is 3.57. The van der Waals surface area contributed by atoms with Gasteiger partial charge in [0.2, 0.25) is 0 Å². The predicted octanol–water partition coefficient (Wildman–Crippen LogP) is 1.55. The Hall–Kier alpha value is -1.66. The smallest absolute Gasteiger partial charge is 0.256 e. The number of imidazole rings is 1. The van der Waals surface area contributed by atoms with Crippen molar-refractivity contribution in [3.63, 3.8) is 0 Å². The highest BCUT2D eigenvalue weighted by Crippen LogP contribution is 2.26. The Balaban J connectivity index is 2.39. The Bertz CT molecular complexity index is 491. The highest BCUT2D eigenvalue weighted by molar-refractivity contribution is 7.13. The van der Waals surface area contributed by atoms with Crippen molar-refractivity contribution in [1.82, 2.24) is 15.0 Å². The standard InChI is InChI=1S/C11H14N4OS/c1-2-8(11(16)14-12)15-6-5-13-10(15)9-4-3-7-17-9/h3-8H,2,12H2,1H3,(H,14,16). The van der Waals surface area contributed by atoms with E-state index in [4.69, 9.17) is 5.84 Å². The summed E-state index contributed by atoms with van der Waals surface area (Å²) in [6.45, 7) is 1.94. The van der Waals surface area contributed by atoms with Gasteiger partial charge in [-0.05, 0) is 17.9 Å². The number of nitrogens with two attached hydrogens (primary N) is 1. The molecule has 90 valence electrons. The van der Waals surface area contributed by atoms with Crippen molar-refractivity contribution in [2.24, 2.45) is 5.84 Å². The van der Waals surface area contributed by atoms with Crippen molar-refractivity contribution in [1.29, 1.82) is 0 Å². The zero-order chi connectivity index (χ0) is 12.3. The molecule has 2 aromatic heterocycles. The van der Waals surface area contributed by atoms with E-state index in [1.165, 1.54) is 0 Å². The Morgan fingerprint density at radius 3 is 3.12 bits per heavy atom. The summed E-state index contributed by atoms with van der Waals surface area (Å²) in [5.41, 5.74) is 2.19. The molecular formula is C11H14N4OS. The number of carbonyl (C=O) groups is 1. The van der Waals surface area contributed by atoms with Crippen LogP contribution in [0, 0.1) is 0 Å². The number of rotatable bonds is 4. The SMILES string of the molecule is CCC(C(=O)NN)n1ccnc1-c1cccs1. The van der Waals surface area contributed by atoms with Gasteiger partial charge in [0.25, 0.3) is 5.91 Å². The Kier molecular flexibility index (Phi) is 3.55. The number of hydrogen-bond donors (Lipinski definition) is 2. The monoisotopic (exact) mass is 250 g/mol. The van der Waals surface area contributed by atoms with E-state index in [1.54, 1.807) is 23.7 Å². The molecule has 5 nitrogen and oxygen atoms in total. The van der Waals surface area contributed by atoms with Crippen molar-refractivity contribution in [3.8, 4) is 10.7 Å². The van der Waals surface area contributed by atoms with Crippen LogP contribution in [0.5, 0.6) is 0 Å². The van der Waals surface area contributed by atoms with E-state index in [0.29, 0.717) is 6.42 Å². The van der Waals surface area contributed by atoms with E-state index in [2.05, 4.69) is 10.4 Å². The minimum Gasteiger partial charge on any atom is -0.318 e. The minimum absolute atomic E-state index is 0.205. The lowest BCUT2D eigenvalue weighted by Gasteiger charge is -2.16. The van der Waals surface area contributed by atoms with Gasteiger partial charge in [-0.25, -0.2) is 10.8 Å². The van der Waals surface area contributed by atoms with Gasteiger partial charge in [0.05, 0.1) is 4.88 Å². The number of aromatic nitrogens is 2. The molecule has 1 unspecified atom stereocenters. The predicted molar refractivity (Wildman–Crippen MR) is 67.2 cm³/mol. The summed E-state index contributed by atoms with van der Waals surface area (Å²) in [4.78, 5) is 17.0. The Morgan fingerprint density at radius 2 is 2.53 bits per heavy atom. The summed E-state index contributed by atoms with van der Waals surface area (Å²) < 4.78 is 1.86. The first-order chi connectivity index (χ1) is 8.27. The minimum atomic E-state index is -0.320. The molecule has 0 saturated heterocycles. The molecular weight excluding hydrogens is 236 g/mol. The molecule has 0 saturated carbocycles. The van der Waals surface area contributed by atoms with Gasteiger partial charge in [-0.3, -0.25) is 10.2 Å². The number of nitrogens with zero attached hydrogens (tertiary/aromatic N) is 2. The molecule has 1 amide bonds. The first-order valence-electron chi connectivity index (χ1n) is 5.35. The van der Waals surface area contributed by atoms with Crippen LogP contribution in [-0.2, 0) is 4.79 Å². The van der Waals surface area contributed by atoms with Crippen LogP contribution in [0.4, 0.5) is 0 Å².